The van der Waals surface area contributed by atoms with Gasteiger partial charge in [-0.05, 0) is 30.3 Å². The minimum atomic E-state index is -3.90. The fraction of sp³-hybridized carbons (Fsp3) is 0.167. The molecule has 2 aromatic rings. The number of nitriles is 1. The number of nitrogens with zero attached hydrogens (tertiary/aromatic N) is 2. The van der Waals surface area contributed by atoms with E-state index in [0.717, 1.165) is 0 Å². The van der Waals surface area contributed by atoms with Gasteiger partial charge in [0, 0.05) is 10.2 Å². The Morgan fingerprint density at radius 1 is 1.14 bits per heavy atom. The van der Waals surface area contributed by atoms with Crippen molar-refractivity contribution in [2.45, 2.75) is 4.90 Å². The third-order valence-electron chi connectivity index (χ3n) is 3.47. The molecule has 10 heteroatoms. The Hall–Kier alpha value is -2.74. The summed E-state index contributed by atoms with van der Waals surface area (Å²) in [5.74, 6) is -1.52. The molecule has 0 saturated heterocycles. The Bertz CT molecular complexity index is 990. The third kappa shape index (κ3) is 6.16. The highest BCUT2D eigenvalue weighted by Gasteiger charge is 2.19. The van der Waals surface area contributed by atoms with E-state index < -0.39 is 35.1 Å². The summed E-state index contributed by atoms with van der Waals surface area (Å²) in [6.07, 6.45) is 0. The second-order valence-electron chi connectivity index (χ2n) is 5.42. The second kappa shape index (κ2) is 9.98. The van der Waals surface area contributed by atoms with E-state index in [2.05, 4.69) is 20.7 Å². The summed E-state index contributed by atoms with van der Waals surface area (Å²) in [5, 5.41) is 8.89. The van der Waals surface area contributed by atoms with Gasteiger partial charge in [0.05, 0.1) is 11.0 Å². The summed E-state index contributed by atoms with van der Waals surface area (Å²) in [6.45, 7) is -1.46. The number of para-hydroxylation sites is 1. The first kappa shape index (κ1) is 21.6. The summed E-state index contributed by atoms with van der Waals surface area (Å²) < 4.78 is 31.8. The lowest BCUT2D eigenvalue weighted by molar-refractivity contribution is -0.146. The number of carbonyl (C=O) groups excluding carboxylic acids is 2. The minimum Gasteiger partial charge on any atom is -0.455 e. The number of nitrogens with one attached hydrogen (secondary N) is 1. The van der Waals surface area contributed by atoms with Crippen LogP contribution in [0, 0.1) is 11.3 Å². The van der Waals surface area contributed by atoms with Crippen LogP contribution in [0.15, 0.2) is 64.0 Å². The number of rotatable bonds is 8. The van der Waals surface area contributed by atoms with E-state index in [1.165, 1.54) is 17.0 Å². The largest absolute Gasteiger partial charge is 0.455 e. The molecule has 0 spiro atoms. The van der Waals surface area contributed by atoms with Gasteiger partial charge < -0.3 is 4.74 Å². The van der Waals surface area contributed by atoms with Crippen LogP contribution in [0.2, 0.25) is 0 Å². The van der Waals surface area contributed by atoms with Gasteiger partial charge in [0.2, 0.25) is 10.0 Å². The molecule has 0 aliphatic heterocycles. The van der Waals surface area contributed by atoms with E-state index in [4.69, 9.17) is 10.00 Å². The van der Waals surface area contributed by atoms with Gasteiger partial charge in [0.25, 0.3) is 5.91 Å². The van der Waals surface area contributed by atoms with Gasteiger partial charge in [0.1, 0.15) is 13.1 Å². The molecule has 0 bridgehead atoms. The fourth-order valence-corrected chi connectivity index (χ4v) is 3.71. The molecule has 0 aromatic heterocycles. The standard InChI is InChI=1S/C18H16BrN3O5S/c19-14-5-4-8-16(11-14)28(25,26)21-12-18(24)27-13-17(23)22(10-9-20)15-6-2-1-3-7-15/h1-8,11,21H,10,12-13H2. The van der Waals surface area contributed by atoms with Crippen molar-refractivity contribution >= 4 is 43.5 Å². The number of anilines is 1. The first-order valence-electron chi connectivity index (χ1n) is 7.96. The molecule has 8 nitrogen and oxygen atoms in total. The Kier molecular flexibility index (Phi) is 7.69. The maximum absolute atomic E-state index is 12.3. The van der Waals surface area contributed by atoms with Crippen LogP contribution in [-0.2, 0) is 24.3 Å². The van der Waals surface area contributed by atoms with Crippen LogP contribution in [0.5, 0.6) is 0 Å². The van der Waals surface area contributed by atoms with E-state index in [-0.39, 0.29) is 11.4 Å². The van der Waals surface area contributed by atoms with Crippen molar-refractivity contribution in [1.82, 2.24) is 4.72 Å². The molecule has 1 amide bonds. The summed E-state index contributed by atoms with van der Waals surface area (Å²) in [5.41, 5.74) is 0.487. The lowest BCUT2D eigenvalue weighted by Crippen LogP contribution is -2.37. The maximum Gasteiger partial charge on any atom is 0.321 e. The topological polar surface area (TPSA) is 117 Å². The normalized spacial score (nSPS) is 10.7. The zero-order valence-electron chi connectivity index (χ0n) is 14.5. The van der Waals surface area contributed by atoms with Gasteiger partial charge in [-0.25, -0.2) is 8.42 Å². The highest BCUT2D eigenvalue weighted by molar-refractivity contribution is 9.10. The lowest BCUT2D eigenvalue weighted by Gasteiger charge is -2.19. The van der Waals surface area contributed by atoms with Gasteiger partial charge >= 0.3 is 5.97 Å². The van der Waals surface area contributed by atoms with E-state index in [1.54, 1.807) is 42.5 Å². The van der Waals surface area contributed by atoms with Crippen LogP contribution in [-0.4, -0.2) is 40.0 Å². The number of amides is 1. The van der Waals surface area contributed by atoms with Crippen molar-refractivity contribution in [1.29, 1.82) is 5.26 Å². The number of ether oxygens (including phenoxy) is 1. The zero-order chi connectivity index (χ0) is 20.6. The number of esters is 1. The zero-order valence-corrected chi connectivity index (χ0v) is 16.9. The highest BCUT2D eigenvalue weighted by atomic mass is 79.9. The summed E-state index contributed by atoms with van der Waals surface area (Å²) in [6, 6.07) is 16.3. The molecule has 0 heterocycles. The Morgan fingerprint density at radius 3 is 2.50 bits per heavy atom. The molecule has 146 valence electrons. The molecule has 0 radical (unpaired) electrons. The number of carbonyl (C=O) groups is 2. The quantitative estimate of drug-likeness (QED) is 0.469. The SMILES string of the molecule is N#CCN(C(=O)COC(=O)CNS(=O)(=O)c1cccc(Br)c1)c1ccccc1. The average Bonchev–Trinajstić information content (AvgIpc) is 2.69. The number of hydrogen-bond donors (Lipinski definition) is 1. The van der Waals surface area contributed by atoms with Gasteiger partial charge in [0.15, 0.2) is 6.61 Å². The number of benzene rings is 2. The molecule has 0 atom stereocenters. The van der Waals surface area contributed by atoms with Gasteiger partial charge in [-0.3, -0.25) is 14.5 Å². The number of sulfonamides is 1. The average molecular weight is 466 g/mol. The molecule has 2 rings (SSSR count). The van der Waals surface area contributed by atoms with Crippen LogP contribution in [0.3, 0.4) is 0 Å². The summed E-state index contributed by atoms with van der Waals surface area (Å²) in [7, 11) is -3.90. The first-order valence-corrected chi connectivity index (χ1v) is 10.2. The highest BCUT2D eigenvalue weighted by Crippen LogP contribution is 2.16. The molecular formula is C18H16BrN3O5S. The van der Waals surface area contributed by atoms with Crippen LogP contribution >= 0.6 is 15.9 Å². The van der Waals surface area contributed by atoms with Crippen LogP contribution in [0.25, 0.3) is 0 Å². The molecule has 0 unspecified atom stereocenters. The van der Waals surface area contributed by atoms with Gasteiger partial charge in [-0.1, -0.05) is 40.2 Å². The van der Waals surface area contributed by atoms with Crippen LogP contribution in [0.4, 0.5) is 5.69 Å². The van der Waals surface area contributed by atoms with Crippen molar-refractivity contribution in [3.05, 3.63) is 59.1 Å². The Morgan fingerprint density at radius 2 is 1.86 bits per heavy atom. The van der Waals surface area contributed by atoms with Crippen molar-refractivity contribution in [3.63, 3.8) is 0 Å². The second-order valence-corrected chi connectivity index (χ2v) is 8.10. The molecular weight excluding hydrogens is 450 g/mol. The van der Waals surface area contributed by atoms with E-state index in [0.29, 0.717) is 10.2 Å². The number of halogens is 1. The van der Waals surface area contributed by atoms with Crippen molar-refractivity contribution in [3.8, 4) is 6.07 Å². The molecule has 0 aliphatic carbocycles. The Balaban J connectivity index is 1.91. The molecule has 0 saturated carbocycles. The van der Waals surface area contributed by atoms with E-state index in [1.807, 2.05) is 6.07 Å². The van der Waals surface area contributed by atoms with E-state index >= 15 is 0 Å². The predicted octanol–water partition coefficient (Wildman–Crippen LogP) is 1.83. The van der Waals surface area contributed by atoms with E-state index in [9.17, 15) is 18.0 Å². The lowest BCUT2D eigenvalue weighted by atomic mass is 10.3. The molecule has 1 N–H and O–H groups in total. The van der Waals surface area contributed by atoms with Gasteiger partial charge in [-0.2, -0.15) is 9.98 Å². The smallest absolute Gasteiger partial charge is 0.321 e. The minimum absolute atomic E-state index is 0.0185. The Labute approximate surface area is 170 Å². The van der Waals surface area contributed by atoms with Crippen molar-refractivity contribution in [2.24, 2.45) is 0 Å². The fourth-order valence-electron chi connectivity index (χ4n) is 2.14. The predicted molar refractivity (Wildman–Crippen MR) is 105 cm³/mol. The number of hydrogen-bond acceptors (Lipinski definition) is 6. The van der Waals surface area contributed by atoms with Crippen molar-refractivity contribution in [2.75, 3.05) is 24.6 Å². The molecule has 28 heavy (non-hydrogen) atoms. The molecule has 2 aromatic carbocycles. The maximum atomic E-state index is 12.3. The van der Waals surface area contributed by atoms with Crippen LogP contribution in [0.1, 0.15) is 0 Å². The molecule has 0 fully saturated rings. The third-order valence-corrected chi connectivity index (χ3v) is 5.36. The molecule has 0 aliphatic rings. The van der Waals surface area contributed by atoms with Crippen molar-refractivity contribution < 1.29 is 22.7 Å². The monoisotopic (exact) mass is 465 g/mol. The summed E-state index contributed by atoms with van der Waals surface area (Å²) >= 11 is 3.17. The summed E-state index contributed by atoms with van der Waals surface area (Å²) in [4.78, 5) is 25.2. The first-order chi connectivity index (χ1) is 13.3. The van der Waals surface area contributed by atoms with Gasteiger partial charge in [-0.15, -0.1) is 0 Å². The van der Waals surface area contributed by atoms with Crippen LogP contribution < -0.4 is 9.62 Å².